The van der Waals surface area contributed by atoms with Gasteiger partial charge in [0, 0.05) is 5.92 Å². The average molecular weight is 318 g/mol. The molecule has 0 aliphatic carbocycles. The lowest BCUT2D eigenvalue weighted by Gasteiger charge is -2.30. The predicted octanol–water partition coefficient (Wildman–Crippen LogP) is 2.36. The van der Waals surface area contributed by atoms with E-state index in [0.29, 0.717) is 30.9 Å². The van der Waals surface area contributed by atoms with Gasteiger partial charge in [0.1, 0.15) is 5.00 Å². The molecule has 1 aromatic heterocycles. The van der Waals surface area contributed by atoms with Crippen LogP contribution in [0.1, 0.15) is 23.2 Å². The summed E-state index contributed by atoms with van der Waals surface area (Å²) in [5.41, 5.74) is 0.0727. The van der Waals surface area contributed by atoms with Gasteiger partial charge in [0.15, 0.2) is 0 Å². The number of thiophene rings is 1. The molecule has 1 aliphatic rings. The topological polar surface area (TPSA) is 69.6 Å². The Morgan fingerprint density at radius 3 is 2.67 bits per heavy atom. The van der Waals surface area contributed by atoms with Gasteiger partial charge in [-0.2, -0.15) is 0 Å². The number of halogens is 2. The fourth-order valence-corrected chi connectivity index (χ4v) is 3.14. The van der Waals surface area contributed by atoms with Crippen LogP contribution in [0.3, 0.4) is 0 Å². The van der Waals surface area contributed by atoms with Crippen molar-refractivity contribution in [2.45, 2.75) is 19.3 Å². The van der Waals surface area contributed by atoms with Gasteiger partial charge in [-0.15, -0.1) is 11.3 Å². The van der Waals surface area contributed by atoms with Crippen LogP contribution in [-0.4, -0.2) is 47.9 Å². The largest absolute Gasteiger partial charge is 0.478 e. The number of nitrogens with one attached hydrogen (secondary N) is 1. The molecule has 1 aliphatic heterocycles. The van der Waals surface area contributed by atoms with Crippen molar-refractivity contribution in [1.29, 1.82) is 0 Å². The Balaban J connectivity index is 1.88. The van der Waals surface area contributed by atoms with Crippen LogP contribution in [0.2, 0.25) is 0 Å². The Morgan fingerprint density at radius 2 is 2.10 bits per heavy atom. The molecular weight excluding hydrogens is 302 g/mol. The van der Waals surface area contributed by atoms with E-state index in [1.54, 1.807) is 10.3 Å². The fourth-order valence-electron chi connectivity index (χ4n) is 2.36. The third kappa shape index (κ3) is 4.21. The summed E-state index contributed by atoms with van der Waals surface area (Å²) in [5, 5.41) is 13.5. The molecule has 1 fully saturated rings. The number of aromatic carboxylic acids is 1. The Kier molecular flexibility index (Phi) is 5.24. The number of likely N-dealkylation sites (tertiary alicyclic amines) is 1. The molecule has 0 atom stereocenters. The van der Waals surface area contributed by atoms with Crippen LogP contribution in [0.15, 0.2) is 11.4 Å². The van der Waals surface area contributed by atoms with Gasteiger partial charge in [-0.25, -0.2) is 13.6 Å². The van der Waals surface area contributed by atoms with Crippen molar-refractivity contribution in [2.24, 2.45) is 5.92 Å². The van der Waals surface area contributed by atoms with Gasteiger partial charge in [-0.05, 0) is 37.4 Å². The molecule has 1 saturated heterocycles. The number of carbonyl (C=O) groups is 2. The van der Waals surface area contributed by atoms with Crippen molar-refractivity contribution in [3.63, 3.8) is 0 Å². The normalized spacial score (nSPS) is 17.1. The molecule has 0 spiro atoms. The summed E-state index contributed by atoms with van der Waals surface area (Å²) in [6, 6.07) is 1.44. The summed E-state index contributed by atoms with van der Waals surface area (Å²) < 4.78 is 24.5. The first-order valence-corrected chi connectivity index (χ1v) is 7.47. The number of hydrogen-bond donors (Lipinski definition) is 2. The zero-order valence-corrected chi connectivity index (χ0v) is 12.0. The van der Waals surface area contributed by atoms with Crippen molar-refractivity contribution in [3.05, 3.63) is 17.0 Å². The van der Waals surface area contributed by atoms with Crippen LogP contribution < -0.4 is 5.32 Å². The minimum absolute atomic E-state index is 0.0727. The molecule has 0 unspecified atom stereocenters. The van der Waals surface area contributed by atoms with E-state index in [9.17, 15) is 18.4 Å². The summed E-state index contributed by atoms with van der Waals surface area (Å²) in [5.74, 6) is -1.59. The number of alkyl halides is 2. The molecule has 0 radical (unpaired) electrons. The number of rotatable bonds is 5. The molecule has 1 amide bonds. The fraction of sp³-hybridized carbons (Fsp3) is 0.538. The van der Waals surface area contributed by atoms with E-state index in [-0.39, 0.29) is 23.9 Å². The number of hydrogen-bond acceptors (Lipinski definition) is 4. The highest BCUT2D eigenvalue weighted by atomic mass is 32.1. The second-order valence-corrected chi connectivity index (χ2v) is 5.84. The van der Waals surface area contributed by atoms with Gasteiger partial charge < -0.3 is 10.4 Å². The van der Waals surface area contributed by atoms with Crippen molar-refractivity contribution in [2.75, 3.05) is 25.0 Å². The average Bonchev–Trinajstić information content (AvgIpc) is 2.87. The Labute approximate surface area is 124 Å². The summed E-state index contributed by atoms with van der Waals surface area (Å²) in [7, 11) is 0. The van der Waals surface area contributed by atoms with Gasteiger partial charge in [0.2, 0.25) is 5.91 Å². The maximum absolute atomic E-state index is 12.3. The van der Waals surface area contributed by atoms with E-state index < -0.39 is 12.4 Å². The number of carboxylic acid groups (broad SMARTS) is 1. The molecule has 21 heavy (non-hydrogen) atoms. The van der Waals surface area contributed by atoms with Crippen molar-refractivity contribution < 1.29 is 23.5 Å². The van der Waals surface area contributed by atoms with Gasteiger partial charge in [-0.3, -0.25) is 9.69 Å². The molecular formula is C13H16F2N2O3S. The van der Waals surface area contributed by atoms with Crippen LogP contribution >= 0.6 is 11.3 Å². The SMILES string of the molecule is O=C(O)c1ccsc1NC(=O)C1CCN(CC(F)F)CC1. The van der Waals surface area contributed by atoms with E-state index in [0.717, 1.165) is 11.3 Å². The highest BCUT2D eigenvalue weighted by Gasteiger charge is 2.27. The Bertz CT molecular complexity index is 513. The Hall–Kier alpha value is -1.54. The quantitative estimate of drug-likeness (QED) is 0.874. The molecule has 2 rings (SSSR count). The van der Waals surface area contributed by atoms with E-state index >= 15 is 0 Å². The molecule has 5 nitrogen and oxygen atoms in total. The summed E-state index contributed by atoms with van der Waals surface area (Å²) in [6.07, 6.45) is -1.35. The lowest BCUT2D eigenvalue weighted by Crippen LogP contribution is -2.40. The third-order valence-corrected chi connectivity index (χ3v) is 4.32. The molecule has 8 heteroatoms. The third-order valence-electron chi connectivity index (χ3n) is 3.49. The number of carbonyl (C=O) groups excluding carboxylic acids is 1. The second kappa shape index (κ2) is 6.95. The number of piperidine rings is 1. The lowest BCUT2D eigenvalue weighted by molar-refractivity contribution is -0.121. The summed E-state index contributed by atoms with van der Waals surface area (Å²) >= 11 is 1.16. The van der Waals surface area contributed by atoms with Gasteiger partial charge in [-0.1, -0.05) is 0 Å². The first kappa shape index (κ1) is 15.8. The molecule has 0 bridgehead atoms. The van der Waals surface area contributed by atoms with Crippen molar-refractivity contribution in [3.8, 4) is 0 Å². The van der Waals surface area contributed by atoms with E-state index in [4.69, 9.17) is 5.11 Å². The van der Waals surface area contributed by atoms with Crippen LogP contribution in [0, 0.1) is 5.92 Å². The first-order valence-electron chi connectivity index (χ1n) is 6.59. The van der Waals surface area contributed by atoms with Crippen LogP contribution in [0.5, 0.6) is 0 Å². The maximum atomic E-state index is 12.3. The van der Waals surface area contributed by atoms with Crippen LogP contribution in [0.25, 0.3) is 0 Å². The standard InChI is InChI=1S/C13H16F2N2O3S/c14-10(15)7-17-4-1-8(2-5-17)11(18)16-12-9(13(19)20)3-6-21-12/h3,6,8,10H,1-2,4-5,7H2,(H,16,18)(H,19,20). The summed E-state index contributed by atoms with van der Waals surface area (Å²) in [4.78, 5) is 24.7. The van der Waals surface area contributed by atoms with Crippen LogP contribution in [-0.2, 0) is 4.79 Å². The predicted molar refractivity (Wildman–Crippen MR) is 75.1 cm³/mol. The van der Waals surface area contributed by atoms with Gasteiger partial charge >= 0.3 is 5.97 Å². The maximum Gasteiger partial charge on any atom is 0.338 e. The monoisotopic (exact) mass is 318 g/mol. The first-order chi connectivity index (χ1) is 9.97. The van der Waals surface area contributed by atoms with Crippen molar-refractivity contribution >= 4 is 28.2 Å². The molecule has 2 heterocycles. The molecule has 1 aromatic rings. The van der Waals surface area contributed by atoms with Gasteiger partial charge in [0.05, 0.1) is 12.1 Å². The summed E-state index contributed by atoms with van der Waals surface area (Å²) in [6.45, 7) is 0.653. The van der Waals surface area contributed by atoms with Gasteiger partial charge in [0.25, 0.3) is 6.43 Å². The second-order valence-electron chi connectivity index (χ2n) is 4.92. The number of anilines is 1. The zero-order chi connectivity index (χ0) is 15.4. The van der Waals surface area contributed by atoms with Crippen LogP contribution in [0.4, 0.5) is 13.8 Å². The van der Waals surface area contributed by atoms with Crippen molar-refractivity contribution in [1.82, 2.24) is 4.90 Å². The number of nitrogens with zero attached hydrogens (tertiary/aromatic N) is 1. The minimum Gasteiger partial charge on any atom is -0.478 e. The highest BCUT2D eigenvalue weighted by Crippen LogP contribution is 2.26. The Morgan fingerprint density at radius 1 is 1.43 bits per heavy atom. The number of carboxylic acids is 1. The smallest absolute Gasteiger partial charge is 0.338 e. The molecule has 116 valence electrons. The van der Waals surface area contributed by atoms with E-state index in [1.165, 1.54) is 6.07 Å². The van der Waals surface area contributed by atoms with E-state index in [2.05, 4.69) is 5.32 Å². The zero-order valence-electron chi connectivity index (χ0n) is 11.2. The highest BCUT2D eigenvalue weighted by molar-refractivity contribution is 7.14. The molecule has 2 N–H and O–H groups in total. The lowest BCUT2D eigenvalue weighted by atomic mass is 9.96. The van der Waals surface area contributed by atoms with E-state index in [1.807, 2.05) is 0 Å². The molecule has 0 saturated carbocycles. The molecule has 0 aromatic carbocycles. The minimum atomic E-state index is -2.36. The number of amides is 1.